The van der Waals surface area contributed by atoms with Crippen molar-refractivity contribution in [3.63, 3.8) is 0 Å². The fourth-order valence-corrected chi connectivity index (χ4v) is 4.28. The molecule has 2 saturated heterocycles. The summed E-state index contributed by atoms with van der Waals surface area (Å²) >= 11 is 0. The Labute approximate surface area is 141 Å². The van der Waals surface area contributed by atoms with Crippen molar-refractivity contribution in [1.29, 1.82) is 0 Å². The summed E-state index contributed by atoms with van der Waals surface area (Å²) in [5.74, 6) is -1.41. The molecule has 2 bridgehead atoms. The van der Waals surface area contributed by atoms with E-state index in [0.29, 0.717) is 13.2 Å². The highest BCUT2D eigenvalue weighted by molar-refractivity contribution is 6.03. The number of para-hydroxylation sites is 1. The standard InChI is InChI=1S/C19H21NO4/c1-3-12-7-5-6-8-13(12)20-11-19-10-9-14(24-19)15(16(19)17(20)21)18(22)23-4-2/h5-10,14-16H,3-4,11H2,1-2H3/t14-,15-,16+,19+/m0/s1. The van der Waals surface area contributed by atoms with Gasteiger partial charge in [0.15, 0.2) is 0 Å². The molecule has 1 amide bonds. The van der Waals surface area contributed by atoms with E-state index in [1.54, 1.807) is 11.8 Å². The van der Waals surface area contributed by atoms with E-state index in [1.165, 1.54) is 0 Å². The minimum absolute atomic E-state index is 0.0409. The van der Waals surface area contributed by atoms with Crippen LogP contribution in [0.1, 0.15) is 19.4 Å². The van der Waals surface area contributed by atoms with Crippen LogP contribution in [0.3, 0.4) is 0 Å². The topological polar surface area (TPSA) is 55.8 Å². The maximum atomic E-state index is 13.2. The number of hydrogen-bond donors (Lipinski definition) is 0. The molecule has 0 N–H and O–H groups in total. The molecule has 0 aliphatic carbocycles. The first-order valence-electron chi connectivity index (χ1n) is 8.54. The van der Waals surface area contributed by atoms with Crippen molar-refractivity contribution in [2.45, 2.75) is 32.0 Å². The normalized spacial score (nSPS) is 33.2. The molecule has 0 radical (unpaired) electrons. The molecule has 2 fully saturated rings. The van der Waals surface area contributed by atoms with Crippen molar-refractivity contribution in [2.75, 3.05) is 18.1 Å². The van der Waals surface area contributed by atoms with Crippen LogP contribution in [0.4, 0.5) is 5.69 Å². The second-order valence-electron chi connectivity index (χ2n) is 6.56. The minimum Gasteiger partial charge on any atom is -0.466 e. The van der Waals surface area contributed by atoms with Crippen molar-refractivity contribution in [1.82, 2.24) is 0 Å². The van der Waals surface area contributed by atoms with Crippen LogP contribution in [0, 0.1) is 11.8 Å². The van der Waals surface area contributed by atoms with Crippen molar-refractivity contribution in [3.05, 3.63) is 42.0 Å². The van der Waals surface area contributed by atoms with E-state index in [1.807, 2.05) is 36.4 Å². The molecule has 4 atom stereocenters. The van der Waals surface area contributed by atoms with Gasteiger partial charge in [0.25, 0.3) is 0 Å². The van der Waals surface area contributed by atoms with Gasteiger partial charge in [-0.15, -0.1) is 0 Å². The Kier molecular flexibility index (Phi) is 3.49. The smallest absolute Gasteiger partial charge is 0.312 e. The summed E-state index contributed by atoms with van der Waals surface area (Å²) in [6.07, 6.45) is 4.37. The van der Waals surface area contributed by atoms with Crippen LogP contribution in [-0.4, -0.2) is 36.7 Å². The van der Waals surface area contributed by atoms with Gasteiger partial charge in [0.1, 0.15) is 11.5 Å². The molecule has 1 aromatic carbocycles. The maximum Gasteiger partial charge on any atom is 0.312 e. The van der Waals surface area contributed by atoms with E-state index >= 15 is 0 Å². The summed E-state index contributed by atoms with van der Waals surface area (Å²) in [5, 5.41) is 0. The number of nitrogens with zero attached hydrogens (tertiary/aromatic N) is 1. The van der Waals surface area contributed by atoms with Crippen LogP contribution in [0.5, 0.6) is 0 Å². The Morgan fingerprint density at radius 3 is 2.92 bits per heavy atom. The van der Waals surface area contributed by atoms with Gasteiger partial charge in [0.05, 0.1) is 25.2 Å². The molecule has 24 heavy (non-hydrogen) atoms. The van der Waals surface area contributed by atoms with Gasteiger partial charge in [-0.1, -0.05) is 37.3 Å². The van der Waals surface area contributed by atoms with Gasteiger partial charge in [-0.25, -0.2) is 0 Å². The lowest BCUT2D eigenvalue weighted by molar-refractivity contribution is -0.151. The Morgan fingerprint density at radius 2 is 2.17 bits per heavy atom. The summed E-state index contributed by atoms with van der Waals surface area (Å²) in [6.45, 7) is 4.61. The average Bonchev–Trinajstić information content (AvgIpc) is 3.23. The number of amides is 1. The number of anilines is 1. The van der Waals surface area contributed by atoms with E-state index in [2.05, 4.69) is 6.92 Å². The molecular formula is C19H21NO4. The van der Waals surface area contributed by atoms with Gasteiger partial charge < -0.3 is 14.4 Å². The summed E-state index contributed by atoms with van der Waals surface area (Å²) in [5.41, 5.74) is 1.34. The second-order valence-corrected chi connectivity index (χ2v) is 6.56. The monoisotopic (exact) mass is 327 g/mol. The van der Waals surface area contributed by atoms with Gasteiger partial charge in [-0.2, -0.15) is 0 Å². The van der Waals surface area contributed by atoms with Crippen LogP contribution in [0.25, 0.3) is 0 Å². The molecule has 3 aliphatic heterocycles. The molecular weight excluding hydrogens is 306 g/mol. The Morgan fingerprint density at radius 1 is 1.38 bits per heavy atom. The van der Waals surface area contributed by atoms with Crippen LogP contribution < -0.4 is 4.90 Å². The predicted octanol–water partition coefficient (Wildman–Crippen LogP) is 2.10. The van der Waals surface area contributed by atoms with Crippen LogP contribution >= 0.6 is 0 Å². The number of hydrogen-bond acceptors (Lipinski definition) is 4. The number of fused-ring (bicyclic) bond motifs is 1. The summed E-state index contributed by atoms with van der Waals surface area (Å²) < 4.78 is 11.3. The maximum absolute atomic E-state index is 13.2. The third-order valence-corrected chi connectivity index (χ3v) is 5.32. The highest BCUT2D eigenvalue weighted by atomic mass is 16.6. The van der Waals surface area contributed by atoms with E-state index < -0.39 is 17.4 Å². The van der Waals surface area contributed by atoms with E-state index in [9.17, 15) is 9.59 Å². The minimum atomic E-state index is -0.694. The van der Waals surface area contributed by atoms with Crippen LogP contribution in [-0.2, 0) is 25.5 Å². The zero-order chi connectivity index (χ0) is 16.9. The molecule has 126 valence electrons. The van der Waals surface area contributed by atoms with Crippen molar-refractivity contribution < 1.29 is 19.1 Å². The lowest BCUT2D eigenvalue weighted by Crippen LogP contribution is -2.40. The SMILES string of the molecule is CCOC(=O)[C@H]1[C@@H]2C=C[C@]3(CN(c4ccccc4CC)C(=O)[C@@H]13)O2. The first-order valence-corrected chi connectivity index (χ1v) is 8.54. The van der Waals surface area contributed by atoms with Crippen molar-refractivity contribution in [3.8, 4) is 0 Å². The number of carbonyl (C=O) groups is 2. The third kappa shape index (κ3) is 1.97. The molecule has 0 aromatic heterocycles. The molecule has 1 spiro atoms. The molecule has 1 aromatic rings. The molecule has 0 saturated carbocycles. The van der Waals surface area contributed by atoms with Crippen LogP contribution in [0.2, 0.25) is 0 Å². The number of rotatable bonds is 4. The fourth-order valence-electron chi connectivity index (χ4n) is 4.28. The van der Waals surface area contributed by atoms with E-state index in [4.69, 9.17) is 9.47 Å². The van der Waals surface area contributed by atoms with Gasteiger partial charge in [-0.05, 0) is 25.0 Å². The molecule has 5 heteroatoms. The lowest BCUT2D eigenvalue weighted by Gasteiger charge is -2.23. The number of ether oxygens (including phenoxy) is 2. The van der Waals surface area contributed by atoms with E-state index in [0.717, 1.165) is 17.7 Å². The summed E-state index contributed by atoms with van der Waals surface area (Å²) in [6, 6.07) is 7.91. The molecule has 5 nitrogen and oxygen atoms in total. The number of benzene rings is 1. The highest BCUT2D eigenvalue weighted by Gasteiger charge is 2.67. The zero-order valence-electron chi connectivity index (χ0n) is 13.9. The fraction of sp³-hybridized carbons (Fsp3) is 0.474. The Hall–Kier alpha value is -2.14. The number of carbonyl (C=O) groups excluding carboxylic acids is 2. The first-order chi connectivity index (χ1) is 11.6. The largest absolute Gasteiger partial charge is 0.466 e. The molecule has 3 aliphatic rings. The highest BCUT2D eigenvalue weighted by Crippen LogP contribution is 2.53. The third-order valence-electron chi connectivity index (χ3n) is 5.32. The number of esters is 1. The quantitative estimate of drug-likeness (QED) is 0.628. The van der Waals surface area contributed by atoms with Crippen molar-refractivity contribution in [2.24, 2.45) is 11.8 Å². The Balaban J connectivity index is 1.71. The van der Waals surface area contributed by atoms with Gasteiger partial charge >= 0.3 is 5.97 Å². The molecule has 3 heterocycles. The predicted molar refractivity (Wildman–Crippen MR) is 88.5 cm³/mol. The zero-order valence-corrected chi connectivity index (χ0v) is 13.9. The summed E-state index contributed by atoms with van der Waals surface area (Å²) in [4.78, 5) is 27.3. The lowest BCUT2D eigenvalue weighted by atomic mass is 9.77. The van der Waals surface area contributed by atoms with Crippen molar-refractivity contribution >= 4 is 17.6 Å². The van der Waals surface area contributed by atoms with E-state index in [-0.39, 0.29) is 18.0 Å². The van der Waals surface area contributed by atoms with Gasteiger partial charge in [0.2, 0.25) is 5.91 Å². The average molecular weight is 327 g/mol. The van der Waals surface area contributed by atoms with Crippen LogP contribution in [0.15, 0.2) is 36.4 Å². The van der Waals surface area contributed by atoms with Gasteiger partial charge in [-0.3, -0.25) is 9.59 Å². The van der Waals surface area contributed by atoms with Gasteiger partial charge in [0, 0.05) is 5.69 Å². The summed E-state index contributed by atoms with van der Waals surface area (Å²) in [7, 11) is 0. The first kappa shape index (κ1) is 15.4. The second kappa shape index (κ2) is 5.45. The molecule has 0 unspecified atom stereocenters. The molecule has 4 rings (SSSR count). The number of aryl methyl sites for hydroxylation is 1. The Bertz CT molecular complexity index is 728.